The van der Waals surface area contributed by atoms with E-state index in [1.807, 2.05) is 19.1 Å². The molecule has 0 fully saturated rings. The Kier molecular flexibility index (Phi) is 4.32. The number of benzene rings is 1. The van der Waals surface area contributed by atoms with Crippen LogP contribution < -0.4 is 4.74 Å². The summed E-state index contributed by atoms with van der Waals surface area (Å²) in [6, 6.07) is 7.72. The van der Waals surface area contributed by atoms with Gasteiger partial charge in [-0.3, -0.25) is 0 Å². The van der Waals surface area contributed by atoms with Gasteiger partial charge in [0.15, 0.2) is 0 Å². The predicted octanol–water partition coefficient (Wildman–Crippen LogP) is 3.46. The van der Waals surface area contributed by atoms with Gasteiger partial charge in [-0.2, -0.15) is 4.31 Å². The van der Waals surface area contributed by atoms with Crippen molar-refractivity contribution in [2.45, 2.75) is 37.7 Å². The third-order valence-corrected chi connectivity index (χ3v) is 6.28. The quantitative estimate of drug-likeness (QED) is 0.827. The molecule has 1 aromatic heterocycles. The number of nitrogens with zero attached hydrogens (tertiary/aromatic N) is 2. The SMILES string of the molecule is Cc1ccc2n1CCN(S(=O)(=O)c1ccc(OC(F)(F)F)cc1)[C@@H]2C. The summed E-state index contributed by atoms with van der Waals surface area (Å²) < 4.78 is 69.6. The van der Waals surface area contributed by atoms with Crippen molar-refractivity contribution >= 4 is 10.0 Å². The van der Waals surface area contributed by atoms with E-state index in [1.165, 1.54) is 4.31 Å². The molecule has 0 amide bonds. The Morgan fingerprint density at radius 1 is 1.08 bits per heavy atom. The van der Waals surface area contributed by atoms with Gasteiger partial charge in [0.05, 0.1) is 10.9 Å². The maximum atomic E-state index is 12.9. The highest BCUT2D eigenvalue weighted by Crippen LogP contribution is 2.33. The minimum absolute atomic E-state index is 0.0643. The summed E-state index contributed by atoms with van der Waals surface area (Å²) in [6.45, 7) is 4.59. The molecule has 3 rings (SSSR count). The second-order valence-electron chi connectivity index (χ2n) is 5.86. The van der Waals surface area contributed by atoms with E-state index in [0.717, 1.165) is 35.7 Å². The summed E-state index contributed by atoms with van der Waals surface area (Å²) in [5.74, 6) is -0.456. The van der Waals surface area contributed by atoms with E-state index in [4.69, 9.17) is 0 Å². The highest BCUT2D eigenvalue weighted by atomic mass is 32.2. The van der Waals surface area contributed by atoms with Crippen molar-refractivity contribution in [2.24, 2.45) is 0 Å². The van der Waals surface area contributed by atoms with Crippen LogP contribution in [0.5, 0.6) is 5.75 Å². The fraction of sp³-hybridized carbons (Fsp3) is 0.375. The first-order chi connectivity index (χ1) is 11.6. The predicted molar refractivity (Wildman–Crippen MR) is 84.6 cm³/mol. The molecule has 1 atom stereocenters. The van der Waals surface area contributed by atoms with Gasteiger partial charge in [-0.1, -0.05) is 0 Å². The molecule has 0 saturated carbocycles. The molecule has 0 saturated heterocycles. The number of halogens is 3. The number of hydrogen-bond donors (Lipinski definition) is 0. The molecule has 9 heteroatoms. The lowest BCUT2D eigenvalue weighted by molar-refractivity contribution is -0.274. The van der Waals surface area contributed by atoms with Crippen molar-refractivity contribution in [3.05, 3.63) is 47.8 Å². The lowest BCUT2D eigenvalue weighted by atomic mass is 10.2. The second-order valence-corrected chi connectivity index (χ2v) is 7.75. The normalized spacial score (nSPS) is 18.8. The van der Waals surface area contributed by atoms with Gasteiger partial charge >= 0.3 is 6.36 Å². The Morgan fingerprint density at radius 2 is 1.72 bits per heavy atom. The molecule has 136 valence electrons. The number of fused-ring (bicyclic) bond motifs is 1. The zero-order valence-electron chi connectivity index (χ0n) is 13.6. The molecule has 2 heterocycles. The number of alkyl halides is 3. The van der Waals surface area contributed by atoms with E-state index in [0.29, 0.717) is 13.1 Å². The Morgan fingerprint density at radius 3 is 2.32 bits per heavy atom. The molecule has 0 spiro atoms. The molecule has 1 aliphatic heterocycles. The molecule has 2 aromatic rings. The highest BCUT2D eigenvalue weighted by Gasteiger charge is 2.35. The standard InChI is InChI=1S/C16H17F3N2O3S/c1-11-3-8-15-12(2)21(10-9-20(11)15)25(22,23)14-6-4-13(5-7-14)24-16(17,18)19/h3-8,12H,9-10H2,1-2H3/t12-/m1/s1. The minimum Gasteiger partial charge on any atom is -0.406 e. The van der Waals surface area contributed by atoms with Crippen LogP contribution in [0.2, 0.25) is 0 Å². The van der Waals surface area contributed by atoms with E-state index in [2.05, 4.69) is 9.30 Å². The molecular formula is C16H17F3N2O3S. The van der Waals surface area contributed by atoms with Crippen LogP contribution in [0.25, 0.3) is 0 Å². The van der Waals surface area contributed by atoms with Gasteiger partial charge in [-0.25, -0.2) is 8.42 Å². The third kappa shape index (κ3) is 3.38. The molecule has 0 unspecified atom stereocenters. The van der Waals surface area contributed by atoms with Crippen LogP contribution in [-0.2, 0) is 16.6 Å². The Bertz CT molecular complexity index is 873. The van der Waals surface area contributed by atoms with Gasteiger partial charge in [0.2, 0.25) is 10.0 Å². The van der Waals surface area contributed by atoms with Gasteiger partial charge in [-0.15, -0.1) is 13.2 Å². The first-order valence-corrected chi connectivity index (χ1v) is 9.07. The molecule has 0 N–H and O–H groups in total. The number of ether oxygens (including phenoxy) is 1. The van der Waals surface area contributed by atoms with Crippen LogP contribution in [0.3, 0.4) is 0 Å². The summed E-state index contributed by atoms with van der Waals surface area (Å²) in [6.07, 6.45) is -4.81. The number of aromatic nitrogens is 1. The van der Waals surface area contributed by atoms with Crippen molar-refractivity contribution in [3.63, 3.8) is 0 Å². The minimum atomic E-state index is -4.81. The summed E-state index contributed by atoms with van der Waals surface area (Å²) >= 11 is 0. The second kappa shape index (κ2) is 6.06. The number of aryl methyl sites for hydroxylation is 1. The van der Waals surface area contributed by atoms with E-state index in [-0.39, 0.29) is 10.9 Å². The smallest absolute Gasteiger partial charge is 0.406 e. The summed E-state index contributed by atoms with van der Waals surface area (Å²) in [5.41, 5.74) is 1.96. The van der Waals surface area contributed by atoms with Crippen LogP contribution in [0.15, 0.2) is 41.3 Å². The van der Waals surface area contributed by atoms with Gasteiger partial charge in [0.25, 0.3) is 0 Å². The molecule has 1 aliphatic rings. The molecule has 1 aromatic carbocycles. The average Bonchev–Trinajstić information content (AvgIpc) is 2.89. The molecular weight excluding hydrogens is 357 g/mol. The van der Waals surface area contributed by atoms with Gasteiger partial charge in [0.1, 0.15) is 5.75 Å². The third-order valence-electron chi connectivity index (χ3n) is 4.30. The van der Waals surface area contributed by atoms with E-state index in [1.54, 1.807) is 6.92 Å². The van der Waals surface area contributed by atoms with Crippen LogP contribution in [0.4, 0.5) is 13.2 Å². The largest absolute Gasteiger partial charge is 0.573 e. The summed E-state index contributed by atoms with van der Waals surface area (Å²) in [5, 5.41) is 0. The Balaban J connectivity index is 1.87. The van der Waals surface area contributed by atoms with Gasteiger partial charge in [-0.05, 0) is 50.2 Å². The zero-order valence-corrected chi connectivity index (χ0v) is 14.4. The number of rotatable bonds is 3. The summed E-state index contributed by atoms with van der Waals surface area (Å²) in [7, 11) is -3.82. The lowest BCUT2D eigenvalue weighted by Gasteiger charge is -2.34. The molecule has 0 bridgehead atoms. The topological polar surface area (TPSA) is 51.5 Å². The zero-order chi connectivity index (χ0) is 18.4. The Labute approximate surface area is 143 Å². The first kappa shape index (κ1) is 17.8. The van der Waals surface area contributed by atoms with Crippen LogP contribution in [0.1, 0.15) is 24.4 Å². The van der Waals surface area contributed by atoms with E-state index < -0.39 is 22.1 Å². The van der Waals surface area contributed by atoms with Crippen molar-refractivity contribution in [1.29, 1.82) is 0 Å². The van der Waals surface area contributed by atoms with Crippen molar-refractivity contribution in [1.82, 2.24) is 8.87 Å². The monoisotopic (exact) mass is 374 g/mol. The van der Waals surface area contributed by atoms with E-state index in [9.17, 15) is 21.6 Å². The van der Waals surface area contributed by atoms with Crippen molar-refractivity contribution in [3.8, 4) is 5.75 Å². The van der Waals surface area contributed by atoms with Gasteiger partial charge < -0.3 is 9.30 Å². The molecule has 5 nitrogen and oxygen atoms in total. The first-order valence-electron chi connectivity index (χ1n) is 7.63. The fourth-order valence-electron chi connectivity index (χ4n) is 3.08. The van der Waals surface area contributed by atoms with E-state index >= 15 is 0 Å². The molecule has 25 heavy (non-hydrogen) atoms. The summed E-state index contributed by atoms with van der Waals surface area (Å²) in [4.78, 5) is -0.0643. The fourth-order valence-corrected chi connectivity index (χ4v) is 4.67. The maximum absolute atomic E-state index is 12.9. The maximum Gasteiger partial charge on any atom is 0.573 e. The molecule has 0 aliphatic carbocycles. The van der Waals surface area contributed by atoms with Crippen LogP contribution in [0, 0.1) is 6.92 Å². The van der Waals surface area contributed by atoms with Crippen molar-refractivity contribution < 1.29 is 26.3 Å². The number of sulfonamides is 1. The Hall–Kier alpha value is -2.00. The average molecular weight is 374 g/mol. The lowest BCUT2D eigenvalue weighted by Crippen LogP contribution is -2.40. The molecule has 0 radical (unpaired) electrons. The van der Waals surface area contributed by atoms with Gasteiger partial charge in [0, 0.05) is 24.5 Å². The van der Waals surface area contributed by atoms with Crippen LogP contribution >= 0.6 is 0 Å². The van der Waals surface area contributed by atoms with Crippen LogP contribution in [-0.4, -0.2) is 30.2 Å². The van der Waals surface area contributed by atoms with Crippen molar-refractivity contribution in [2.75, 3.05) is 6.54 Å². The number of hydrogen-bond acceptors (Lipinski definition) is 3. The highest BCUT2D eigenvalue weighted by molar-refractivity contribution is 7.89.